The Morgan fingerprint density at radius 3 is 2.44 bits per heavy atom. The predicted molar refractivity (Wildman–Crippen MR) is 70.2 cm³/mol. The molecule has 0 bridgehead atoms. The molecule has 1 aromatic rings. The van der Waals surface area contributed by atoms with E-state index in [0.717, 1.165) is 19.4 Å². The van der Waals surface area contributed by atoms with E-state index in [9.17, 15) is 0 Å². The highest BCUT2D eigenvalue weighted by molar-refractivity contribution is 5.27. The van der Waals surface area contributed by atoms with Gasteiger partial charge < -0.3 is 14.8 Å². The van der Waals surface area contributed by atoms with Crippen molar-refractivity contribution in [3.05, 3.63) is 0 Å². The van der Waals surface area contributed by atoms with Crippen molar-refractivity contribution >= 4 is 5.95 Å². The third-order valence-electron chi connectivity index (χ3n) is 2.00. The smallest absolute Gasteiger partial charge is 0.324 e. The maximum absolute atomic E-state index is 5.47. The highest BCUT2D eigenvalue weighted by atomic mass is 16.5. The lowest BCUT2D eigenvalue weighted by molar-refractivity contribution is 0.212. The Hall–Kier alpha value is -1.59. The Balaban J connectivity index is 2.77. The second-order valence-corrected chi connectivity index (χ2v) is 4.12. The average Bonchev–Trinajstić information content (AvgIpc) is 2.28. The number of unbranched alkanes of at least 4 members (excludes halogenated alkanes) is 1. The zero-order valence-corrected chi connectivity index (χ0v) is 11.6. The fourth-order valence-corrected chi connectivity index (χ4v) is 1.21. The summed E-state index contributed by atoms with van der Waals surface area (Å²) in [6.07, 6.45) is 2.06. The molecule has 6 nitrogen and oxygen atoms in total. The van der Waals surface area contributed by atoms with Crippen molar-refractivity contribution in [3.63, 3.8) is 0 Å². The van der Waals surface area contributed by atoms with E-state index < -0.39 is 0 Å². The molecule has 0 aliphatic rings. The predicted octanol–water partition coefficient (Wildman–Crippen LogP) is 2.27. The van der Waals surface area contributed by atoms with Gasteiger partial charge in [0.1, 0.15) is 0 Å². The number of nitrogens with one attached hydrogen (secondary N) is 1. The minimum Gasteiger partial charge on any atom is -0.463 e. The third kappa shape index (κ3) is 5.16. The number of rotatable bonds is 8. The van der Waals surface area contributed by atoms with Crippen LogP contribution in [-0.2, 0) is 0 Å². The maximum Gasteiger partial charge on any atom is 0.324 e. The summed E-state index contributed by atoms with van der Waals surface area (Å²) in [5, 5.41) is 3.03. The first kappa shape index (κ1) is 14.5. The number of hydrogen-bond donors (Lipinski definition) is 1. The Morgan fingerprint density at radius 1 is 1.11 bits per heavy atom. The number of hydrogen-bond acceptors (Lipinski definition) is 6. The molecule has 0 saturated heterocycles. The van der Waals surface area contributed by atoms with Gasteiger partial charge in [-0.25, -0.2) is 0 Å². The lowest BCUT2D eigenvalue weighted by Gasteiger charge is -2.11. The van der Waals surface area contributed by atoms with Crippen molar-refractivity contribution in [1.29, 1.82) is 0 Å². The number of nitrogens with zero attached hydrogens (tertiary/aromatic N) is 3. The zero-order chi connectivity index (χ0) is 13.4. The van der Waals surface area contributed by atoms with E-state index >= 15 is 0 Å². The summed E-state index contributed by atoms with van der Waals surface area (Å²) >= 11 is 0. The van der Waals surface area contributed by atoms with Gasteiger partial charge in [0.15, 0.2) is 0 Å². The van der Waals surface area contributed by atoms with Gasteiger partial charge >= 0.3 is 12.0 Å². The molecule has 0 atom stereocenters. The monoisotopic (exact) mass is 254 g/mol. The normalized spacial score (nSPS) is 10.5. The van der Waals surface area contributed by atoms with Crippen molar-refractivity contribution < 1.29 is 9.47 Å². The molecule has 1 N–H and O–H groups in total. The van der Waals surface area contributed by atoms with Crippen LogP contribution in [-0.4, -0.2) is 34.2 Å². The topological polar surface area (TPSA) is 69.2 Å². The quantitative estimate of drug-likeness (QED) is 0.718. The molecular weight excluding hydrogens is 232 g/mol. The van der Waals surface area contributed by atoms with Gasteiger partial charge in [0.25, 0.3) is 0 Å². The lowest BCUT2D eigenvalue weighted by atomic mass is 10.4. The number of ether oxygens (including phenoxy) is 2. The van der Waals surface area contributed by atoms with Crippen LogP contribution < -0.4 is 14.8 Å². The molecule has 0 aliphatic carbocycles. The van der Waals surface area contributed by atoms with E-state index in [1.54, 1.807) is 0 Å². The zero-order valence-electron chi connectivity index (χ0n) is 11.6. The Labute approximate surface area is 108 Å². The van der Waals surface area contributed by atoms with Crippen LogP contribution >= 0.6 is 0 Å². The van der Waals surface area contributed by atoms with Crippen LogP contribution in [0, 0.1) is 0 Å². The minimum absolute atomic E-state index is 0.0189. The highest BCUT2D eigenvalue weighted by Gasteiger charge is 2.09. The summed E-state index contributed by atoms with van der Waals surface area (Å²) in [5.41, 5.74) is 0. The first-order chi connectivity index (χ1) is 8.65. The van der Waals surface area contributed by atoms with Gasteiger partial charge in [-0.1, -0.05) is 13.3 Å². The van der Waals surface area contributed by atoms with Crippen molar-refractivity contribution in [2.45, 2.75) is 46.6 Å². The lowest BCUT2D eigenvalue weighted by Crippen LogP contribution is -2.13. The Morgan fingerprint density at radius 2 is 1.83 bits per heavy atom. The second-order valence-electron chi connectivity index (χ2n) is 4.12. The van der Waals surface area contributed by atoms with Crippen LogP contribution in [0.25, 0.3) is 0 Å². The van der Waals surface area contributed by atoms with E-state index in [0.29, 0.717) is 24.6 Å². The first-order valence-electron chi connectivity index (χ1n) is 6.45. The number of aromatic nitrogens is 3. The van der Waals surface area contributed by atoms with Crippen LogP contribution in [0.1, 0.15) is 40.5 Å². The highest BCUT2D eigenvalue weighted by Crippen LogP contribution is 2.14. The molecule has 6 heteroatoms. The fraction of sp³-hybridized carbons (Fsp3) is 0.750. The van der Waals surface area contributed by atoms with Gasteiger partial charge in [0.2, 0.25) is 5.95 Å². The molecule has 0 spiro atoms. The Kier molecular flexibility index (Phi) is 6.18. The molecule has 0 aliphatic heterocycles. The molecule has 1 heterocycles. The van der Waals surface area contributed by atoms with E-state index in [1.807, 2.05) is 20.8 Å². The molecule has 0 amide bonds. The summed E-state index contributed by atoms with van der Waals surface area (Å²) in [7, 11) is 0. The summed E-state index contributed by atoms with van der Waals surface area (Å²) in [4.78, 5) is 12.4. The SMILES string of the molecule is CCCCOc1nc(NCC)nc(OC(C)C)n1. The minimum atomic E-state index is 0.0189. The van der Waals surface area contributed by atoms with Crippen molar-refractivity contribution in [2.24, 2.45) is 0 Å². The molecule has 1 rings (SSSR count). The van der Waals surface area contributed by atoms with Crippen LogP contribution in [0.2, 0.25) is 0 Å². The van der Waals surface area contributed by atoms with E-state index in [4.69, 9.17) is 9.47 Å². The van der Waals surface area contributed by atoms with Gasteiger partial charge in [-0.05, 0) is 27.2 Å². The van der Waals surface area contributed by atoms with Crippen molar-refractivity contribution in [2.75, 3.05) is 18.5 Å². The largest absolute Gasteiger partial charge is 0.463 e. The van der Waals surface area contributed by atoms with E-state index in [1.165, 1.54) is 0 Å². The molecule has 18 heavy (non-hydrogen) atoms. The maximum atomic E-state index is 5.47. The van der Waals surface area contributed by atoms with Gasteiger partial charge in [-0.2, -0.15) is 9.97 Å². The first-order valence-corrected chi connectivity index (χ1v) is 6.45. The molecular formula is C12H22N4O2. The summed E-state index contributed by atoms with van der Waals surface area (Å²) < 4.78 is 10.9. The Bertz CT molecular complexity index is 358. The number of anilines is 1. The summed E-state index contributed by atoms with van der Waals surface area (Å²) in [6.45, 7) is 9.27. The van der Waals surface area contributed by atoms with Crippen LogP contribution in [0.5, 0.6) is 12.0 Å². The third-order valence-corrected chi connectivity index (χ3v) is 2.00. The van der Waals surface area contributed by atoms with Crippen LogP contribution in [0.4, 0.5) is 5.95 Å². The van der Waals surface area contributed by atoms with Crippen LogP contribution in [0.3, 0.4) is 0 Å². The fourth-order valence-electron chi connectivity index (χ4n) is 1.21. The molecule has 102 valence electrons. The summed E-state index contributed by atoms with van der Waals surface area (Å²) in [5.74, 6) is 0.481. The van der Waals surface area contributed by atoms with Gasteiger partial charge in [0.05, 0.1) is 12.7 Å². The standard InChI is InChI=1S/C12H22N4O2/c1-5-7-8-17-11-14-10(13-6-2)15-12(16-11)18-9(3)4/h9H,5-8H2,1-4H3,(H,13,14,15,16). The molecule has 1 aromatic heterocycles. The van der Waals surface area contributed by atoms with Gasteiger partial charge in [-0.15, -0.1) is 4.98 Å². The molecule has 0 unspecified atom stereocenters. The molecule has 0 aromatic carbocycles. The van der Waals surface area contributed by atoms with Crippen molar-refractivity contribution in [1.82, 2.24) is 15.0 Å². The molecule has 0 fully saturated rings. The van der Waals surface area contributed by atoms with Crippen molar-refractivity contribution in [3.8, 4) is 12.0 Å². The van der Waals surface area contributed by atoms with E-state index in [2.05, 4.69) is 27.2 Å². The second kappa shape index (κ2) is 7.68. The molecule has 0 radical (unpaired) electrons. The van der Waals surface area contributed by atoms with Gasteiger partial charge in [-0.3, -0.25) is 0 Å². The molecule has 0 saturated carbocycles. The summed E-state index contributed by atoms with van der Waals surface area (Å²) in [6, 6.07) is 0.604. The van der Waals surface area contributed by atoms with Gasteiger partial charge in [0, 0.05) is 6.54 Å². The average molecular weight is 254 g/mol. The van der Waals surface area contributed by atoms with E-state index in [-0.39, 0.29) is 6.10 Å². The van der Waals surface area contributed by atoms with Crippen LogP contribution in [0.15, 0.2) is 0 Å².